The standard InChI is InChI=1S/2C3H2As.2Bi.2ClH.Zr.2H/c2*1-2-3-4;;;;;;;/h2*1-2H;;;2*1H;;;/q2*-1;;;;;+4;;/p-2. The first kappa shape index (κ1) is 30.0. The van der Waals surface area contributed by atoms with E-state index in [4.69, 9.17) is 0 Å². The van der Waals surface area contributed by atoms with Crippen LogP contribution in [0.15, 0.2) is 19.7 Å². The zero-order valence-electron chi connectivity index (χ0n) is 6.46. The Balaban J connectivity index is -0.0000000267. The van der Waals surface area contributed by atoms with E-state index in [1.807, 2.05) is 12.2 Å². The van der Waals surface area contributed by atoms with Crippen molar-refractivity contribution in [3.05, 3.63) is 19.7 Å². The molecule has 0 atom stereocenters. The third-order valence-corrected chi connectivity index (χ3v) is 2.24. The van der Waals surface area contributed by atoms with Crippen LogP contribution in [0.3, 0.4) is 0 Å². The van der Waals surface area contributed by atoms with Crippen LogP contribution in [0, 0.1) is 0 Å². The molecule has 0 aromatic carbocycles. The summed E-state index contributed by atoms with van der Waals surface area (Å²) in [6.07, 6.45) is 3.82. The summed E-state index contributed by atoms with van der Waals surface area (Å²) in [6.45, 7) is 0. The summed E-state index contributed by atoms with van der Waals surface area (Å²) in [6, 6.07) is 0. The van der Waals surface area contributed by atoms with Crippen molar-refractivity contribution in [2.24, 2.45) is 0 Å². The van der Waals surface area contributed by atoms with Gasteiger partial charge in [-0.05, 0) is 0 Å². The smallest absolute Gasteiger partial charge is 1.00 e. The normalized spacial score (nSPS) is 6.92. The Morgan fingerprint density at radius 2 is 1.08 bits per heavy atom. The SMILES string of the molecule is [As]=[C-]C=[CH][BiH].[As]=[C-]C=[CH][BiH].[Cl-].[Cl-].[Zr+4]. The second-order valence-corrected chi connectivity index (χ2v) is 4.60. The van der Waals surface area contributed by atoms with Crippen molar-refractivity contribution < 1.29 is 51.0 Å². The van der Waals surface area contributed by atoms with Crippen molar-refractivity contribution in [3.63, 3.8) is 0 Å². The predicted octanol–water partition coefficient (Wildman–Crippen LogP) is -7.50. The Morgan fingerprint density at radius 3 is 1.08 bits per heavy atom. The second-order valence-electron chi connectivity index (χ2n) is 0.925. The molecule has 0 saturated carbocycles. The van der Waals surface area contributed by atoms with E-state index in [0.29, 0.717) is 0 Å². The Hall–Kier alpha value is 3.57. The maximum atomic E-state index is 2.81. The van der Waals surface area contributed by atoms with Crippen molar-refractivity contribution in [2.75, 3.05) is 0 Å². The minimum absolute atomic E-state index is 0. The molecule has 0 aliphatic rings. The van der Waals surface area contributed by atoms with Gasteiger partial charge < -0.3 is 24.8 Å². The molecule has 7 heteroatoms. The minimum Gasteiger partial charge on any atom is -1.00 e. The molecule has 0 fully saturated rings. The van der Waals surface area contributed by atoms with Crippen LogP contribution in [0.4, 0.5) is 0 Å². The molecule has 0 aromatic heterocycles. The molecule has 68 valence electrons. The van der Waals surface area contributed by atoms with E-state index < -0.39 is 0 Å². The van der Waals surface area contributed by atoms with Gasteiger partial charge in [0.2, 0.25) is 0 Å². The van der Waals surface area contributed by atoms with Crippen LogP contribution in [-0.4, -0.2) is 91.9 Å². The van der Waals surface area contributed by atoms with Crippen molar-refractivity contribution >= 4 is 91.9 Å². The third-order valence-electron chi connectivity index (χ3n) is 0.316. The van der Waals surface area contributed by atoms with E-state index in [1.54, 1.807) is 0 Å². The van der Waals surface area contributed by atoms with E-state index in [1.165, 1.54) is 0 Å². The van der Waals surface area contributed by atoms with Gasteiger partial charge in [-0.3, -0.25) is 0 Å². The van der Waals surface area contributed by atoms with Gasteiger partial charge in [0.1, 0.15) is 0 Å². The van der Waals surface area contributed by atoms with Crippen LogP contribution in [-0.2, 0) is 26.2 Å². The monoisotopic (exact) mass is 806 g/mol. The minimum atomic E-state index is 0. The molecule has 4 radical (unpaired) electrons. The van der Waals surface area contributed by atoms with Gasteiger partial charge in [-0.2, -0.15) is 0 Å². The van der Waals surface area contributed by atoms with Crippen molar-refractivity contribution in [2.45, 2.75) is 0 Å². The summed E-state index contributed by atoms with van der Waals surface area (Å²) in [7, 11) is 0. The first-order valence-electron chi connectivity index (χ1n) is 2.27. The second kappa shape index (κ2) is 36.1. The molecule has 13 heavy (non-hydrogen) atoms. The fourth-order valence-electron chi connectivity index (χ4n) is 0.0745. The average Bonchev–Trinajstić information content (AvgIpc) is 1.93. The fraction of sp³-hybridized carbons (Fsp3) is 0. The van der Waals surface area contributed by atoms with Gasteiger partial charge in [-0.1, -0.05) is 0 Å². The number of hydrogen-bond acceptors (Lipinski definition) is 0. The van der Waals surface area contributed by atoms with Gasteiger partial charge in [-0.25, -0.2) is 0 Å². The molecule has 0 N–H and O–H groups in total. The Morgan fingerprint density at radius 1 is 0.846 bits per heavy atom. The van der Waals surface area contributed by atoms with Gasteiger partial charge in [0.25, 0.3) is 0 Å². The van der Waals surface area contributed by atoms with E-state index in [9.17, 15) is 0 Å². The van der Waals surface area contributed by atoms with Crippen molar-refractivity contribution in [1.29, 1.82) is 0 Å². The molecule has 0 aliphatic heterocycles. The Kier molecular flexibility index (Phi) is 83.3. The molecule has 0 aliphatic carbocycles. The molecule has 0 amide bonds. The van der Waals surface area contributed by atoms with Gasteiger partial charge in [-0.15, -0.1) is 0 Å². The first-order valence-corrected chi connectivity index (χ1v) is 8.63. The van der Waals surface area contributed by atoms with Gasteiger partial charge >= 0.3 is 138 Å². The molecule has 0 rings (SSSR count). The summed E-state index contributed by atoms with van der Waals surface area (Å²) in [5, 5.41) is 0. The van der Waals surface area contributed by atoms with Crippen LogP contribution in [0.2, 0.25) is 0 Å². The molecule has 0 nitrogen and oxygen atoms in total. The summed E-state index contributed by atoms with van der Waals surface area (Å²) >= 11 is 6.82. The largest absolute Gasteiger partial charge is 4.00 e. The molecule has 0 heterocycles. The predicted molar refractivity (Wildman–Crippen MR) is 54.1 cm³/mol. The van der Waals surface area contributed by atoms with Crippen molar-refractivity contribution in [1.82, 2.24) is 0 Å². The van der Waals surface area contributed by atoms with Crippen LogP contribution in [0.5, 0.6) is 0 Å². The maximum Gasteiger partial charge on any atom is 4.00 e. The topological polar surface area (TPSA) is 0 Å². The van der Waals surface area contributed by atoms with Gasteiger partial charge in [0, 0.05) is 0 Å². The average molecular weight is 808 g/mol. The van der Waals surface area contributed by atoms with Gasteiger partial charge in [0.15, 0.2) is 0 Å². The Labute approximate surface area is 159 Å². The number of rotatable bonds is 2. The van der Waals surface area contributed by atoms with Crippen molar-refractivity contribution in [3.8, 4) is 0 Å². The van der Waals surface area contributed by atoms with E-state index in [2.05, 4.69) is 50.0 Å². The first-order chi connectivity index (χ1) is 4.83. The molecule has 0 unspecified atom stereocenters. The summed E-state index contributed by atoms with van der Waals surface area (Å²) in [5.74, 6) is 0. The Bertz CT molecular complexity index is 127. The molecular weight excluding hydrogens is 802 g/mol. The number of hydrogen-bond donors (Lipinski definition) is 0. The maximum absolute atomic E-state index is 2.81. The van der Waals surface area contributed by atoms with E-state index in [0.717, 1.165) is 49.4 Å². The van der Waals surface area contributed by atoms with Gasteiger partial charge in [0.05, 0.1) is 0 Å². The van der Waals surface area contributed by atoms with Crippen LogP contribution in [0.25, 0.3) is 0 Å². The third kappa shape index (κ3) is 50.0. The quantitative estimate of drug-likeness (QED) is 0.193. The molecule has 0 saturated heterocycles. The number of halogens is 2. The molecular formula is C6H6As2Bi2Cl2Zr. The van der Waals surface area contributed by atoms with Crippen LogP contribution < -0.4 is 24.8 Å². The zero-order chi connectivity index (χ0) is 8.24. The summed E-state index contributed by atoms with van der Waals surface area (Å²) in [4.78, 5) is 5.62. The van der Waals surface area contributed by atoms with Crippen LogP contribution >= 0.6 is 0 Å². The van der Waals surface area contributed by atoms with Crippen LogP contribution in [0.1, 0.15) is 0 Å². The van der Waals surface area contributed by atoms with E-state index >= 15 is 0 Å². The molecule has 0 spiro atoms. The molecule has 0 aromatic rings. The summed E-state index contributed by atoms with van der Waals surface area (Å²) < 4.78 is 4.14. The summed E-state index contributed by atoms with van der Waals surface area (Å²) in [5.41, 5.74) is 0. The van der Waals surface area contributed by atoms with E-state index in [-0.39, 0.29) is 51.0 Å². The number of allylic oxidation sites excluding steroid dienone is 2. The zero-order valence-corrected chi connectivity index (χ0v) is 22.0. The molecule has 0 bridgehead atoms. The fourth-order valence-corrected chi connectivity index (χ4v) is 3.40.